The van der Waals surface area contributed by atoms with E-state index in [1.807, 2.05) is 6.20 Å². The molecule has 1 aliphatic rings. The molecule has 0 radical (unpaired) electrons. The second-order valence-electron chi connectivity index (χ2n) is 6.17. The number of nitrogens with zero attached hydrogens (tertiary/aromatic N) is 2. The van der Waals surface area contributed by atoms with E-state index in [-0.39, 0.29) is 29.4 Å². The maximum atomic E-state index is 4.67. The van der Waals surface area contributed by atoms with Crippen LogP contribution in [0.4, 0.5) is 0 Å². The Morgan fingerprint density at radius 2 is 2.08 bits per heavy atom. The lowest BCUT2D eigenvalue weighted by Gasteiger charge is -2.20. The molecule has 1 aromatic carbocycles. The maximum Gasteiger partial charge on any atom is 0.191 e. The summed E-state index contributed by atoms with van der Waals surface area (Å²) in [4.78, 5) is 10.3. The molecule has 25 heavy (non-hydrogen) atoms. The highest BCUT2D eigenvalue weighted by Crippen LogP contribution is 2.49. The third-order valence-electron chi connectivity index (χ3n) is 4.28. The van der Waals surface area contributed by atoms with Crippen LogP contribution in [-0.4, -0.2) is 24.0 Å². The number of aliphatic imine (C=N–C) groups is 1. The van der Waals surface area contributed by atoms with Crippen LogP contribution in [0.3, 0.4) is 0 Å². The highest BCUT2D eigenvalue weighted by molar-refractivity contribution is 14.0. The van der Waals surface area contributed by atoms with E-state index in [0.29, 0.717) is 6.54 Å². The van der Waals surface area contributed by atoms with Crippen molar-refractivity contribution in [1.29, 1.82) is 0 Å². The number of hydrogen-bond acceptors (Lipinski definition) is 3. The van der Waals surface area contributed by atoms with Crippen molar-refractivity contribution >= 4 is 57.2 Å². The smallest absolute Gasteiger partial charge is 0.191 e. The van der Waals surface area contributed by atoms with Crippen LogP contribution in [0.15, 0.2) is 39.9 Å². The predicted octanol–water partition coefficient (Wildman–Crippen LogP) is 4.62. The Morgan fingerprint density at radius 1 is 1.32 bits per heavy atom. The molecule has 2 N–H and O–H groups in total. The van der Waals surface area contributed by atoms with Crippen LogP contribution >= 0.6 is 51.2 Å². The largest absolute Gasteiger partial charge is 0.357 e. The Labute approximate surface area is 179 Å². The monoisotopic (exact) mass is 534 g/mol. The number of guanidine groups is 1. The zero-order valence-corrected chi connectivity index (χ0v) is 19.2. The summed E-state index contributed by atoms with van der Waals surface area (Å²) < 4.78 is 1.20. The van der Waals surface area contributed by atoms with E-state index in [4.69, 9.17) is 0 Å². The van der Waals surface area contributed by atoms with E-state index < -0.39 is 0 Å². The molecule has 136 valence electrons. The number of rotatable bonds is 6. The van der Waals surface area contributed by atoms with Gasteiger partial charge in [0.1, 0.15) is 5.01 Å². The van der Waals surface area contributed by atoms with Gasteiger partial charge in [0.05, 0.1) is 6.54 Å². The average Bonchev–Trinajstić information content (AvgIpc) is 3.25. The molecule has 1 saturated carbocycles. The van der Waals surface area contributed by atoms with Crippen LogP contribution in [0.2, 0.25) is 0 Å². The van der Waals surface area contributed by atoms with Crippen molar-refractivity contribution in [3.8, 4) is 0 Å². The molecule has 2 aromatic rings. The minimum atomic E-state index is 0. The molecule has 1 fully saturated rings. The molecule has 1 aliphatic carbocycles. The first-order valence-corrected chi connectivity index (χ1v) is 9.92. The van der Waals surface area contributed by atoms with Gasteiger partial charge in [-0.25, -0.2) is 9.98 Å². The standard InChI is InChI=1S/C18H23BrN4S.HI/c1-3-20-17(22-11-16-21-10-13(2)24-16)23-12-18(8-9-18)14-6-4-5-7-15(14)19;/h4-7,10H,3,8-9,11-12H2,1-2H3,(H2,20,22,23);1H. The van der Waals surface area contributed by atoms with Gasteiger partial charge in [0.2, 0.25) is 0 Å². The Balaban J connectivity index is 0.00000225. The average molecular weight is 535 g/mol. The highest BCUT2D eigenvalue weighted by atomic mass is 127. The Bertz CT molecular complexity index is 727. The number of hydrogen-bond donors (Lipinski definition) is 2. The van der Waals surface area contributed by atoms with Gasteiger partial charge in [-0.2, -0.15) is 0 Å². The molecule has 0 amide bonds. The van der Waals surface area contributed by atoms with Crippen molar-refractivity contribution in [2.75, 3.05) is 13.1 Å². The van der Waals surface area contributed by atoms with E-state index in [1.165, 1.54) is 27.8 Å². The molecule has 3 rings (SSSR count). The van der Waals surface area contributed by atoms with E-state index in [0.717, 1.165) is 24.1 Å². The maximum absolute atomic E-state index is 4.67. The van der Waals surface area contributed by atoms with E-state index >= 15 is 0 Å². The minimum Gasteiger partial charge on any atom is -0.357 e. The molecule has 7 heteroatoms. The molecule has 0 unspecified atom stereocenters. The molecule has 0 atom stereocenters. The molecule has 4 nitrogen and oxygen atoms in total. The van der Waals surface area contributed by atoms with E-state index in [9.17, 15) is 0 Å². The van der Waals surface area contributed by atoms with Gasteiger partial charge >= 0.3 is 0 Å². The van der Waals surface area contributed by atoms with Gasteiger partial charge in [0, 0.05) is 34.1 Å². The second kappa shape index (κ2) is 9.32. The summed E-state index contributed by atoms with van der Waals surface area (Å²) in [6.07, 6.45) is 4.34. The summed E-state index contributed by atoms with van der Waals surface area (Å²) in [6, 6.07) is 8.53. The van der Waals surface area contributed by atoms with Crippen molar-refractivity contribution in [3.05, 3.63) is 50.4 Å². The van der Waals surface area contributed by atoms with Crippen LogP contribution in [0.1, 0.15) is 35.2 Å². The van der Waals surface area contributed by atoms with Gasteiger partial charge in [0.25, 0.3) is 0 Å². The van der Waals surface area contributed by atoms with Gasteiger partial charge in [0.15, 0.2) is 5.96 Å². The van der Waals surface area contributed by atoms with Crippen molar-refractivity contribution < 1.29 is 0 Å². The fourth-order valence-electron chi connectivity index (χ4n) is 2.80. The summed E-state index contributed by atoms with van der Waals surface area (Å²) in [6.45, 7) is 6.54. The summed E-state index contributed by atoms with van der Waals surface area (Å²) in [5.41, 5.74) is 1.62. The van der Waals surface area contributed by atoms with Crippen LogP contribution in [0.5, 0.6) is 0 Å². The summed E-state index contributed by atoms with van der Waals surface area (Å²) >= 11 is 5.40. The number of nitrogens with one attached hydrogen (secondary N) is 2. The van der Waals surface area contributed by atoms with Gasteiger partial charge in [-0.3, -0.25) is 0 Å². The van der Waals surface area contributed by atoms with Gasteiger partial charge in [-0.05, 0) is 38.3 Å². The molecule has 0 bridgehead atoms. The van der Waals surface area contributed by atoms with Crippen molar-refractivity contribution in [3.63, 3.8) is 0 Å². The third kappa shape index (κ3) is 5.40. The number of benzene rings is 1. The predicted molar refractivity (Wildman–Crippen MR) is 120 cm³/mol. The molecule has 0 aliphatic heterocycles. The zero-order chi connectivity index (χ0) is 17.0. The lowest BCUT2D eigenvalue weighted by molar-refractivity contribution is 0.643. The van der Waals surface area contributed by atoms with Crippen molar-refractivity contribution in [1.82, 2.24) is 15.6 Å². The molecular weight excluding hydrogens is 511 g/mol. The van der Waals surface area contributed by atoms with Crippen LogP contribution < -0.4 is 10.6 Å². The Hall–Kier alpha value is -0.670. The first-order chi connectivity index (χ1) is 11.6. The fourth-order valence-corrected chi connectivity index (χ4v) is 4.22. The van der Waals surface area contributed by atoms with Crippen LogP contribution in [-0.2, 0) is 12.0 Å². The number of aryl methyl sites for hydroxylation is 1. The first-order valence-electron chi connectivity index (χ1n) is 8.31. The van der Waals surface area contributed by atoms with Gasteiger partial charge in [-0.1, -0.05) is 34.1 Å². The van der Waals surface area contributed by atoms with Gasteiger partial charge in [-0.15, -0.1) is 35.3 Å². The fraction of sp³-hybridized carbons (Fsp3) is 0.444. The summed E-state index contributed by atoms with van der Waals surface area (Å²) in [5, 5.41) is 7.90. The number of thiazole rings is 1. The zero-order valence-electron chi connectivity index (χ0n) is 14.5. The molecule has 0 spiro atoms. The topological polar surface area (TPSA) is 49.3 Å². The van der Waals surface area contributed by atoms with E-state index in [1.54, 1.807) is 11.3 Å². The van der Waals surface area contributed by atoms with E-state index in [2.05, 4.69) is 74.7 Å². The number of halogens is 2. The van der Waals surface area contributed by atoms with Crippen molar-refractivity contribution in [2.24, 2.45) is 4.99 Å². The van der Waals surface area contributed by atoms with Crippen LogP contribution in [0.25, 0.3) is 0 Å². The summed E-state index contributed by atoms with van der Waals surface area (Å²) in [5.74, 6) is 0.865. The van der Waals surface area contributed by atoms with Gasteiger partial charge < -0.3 is 10.6 Å². The molecule has 0 saturated heterocycles. The quantitative estimate of drug-likeness (QED) is 0.323. The first kappa shape index (κ1) is 20.6. The lowest BCUT2D eigenvalue weighted by atomic mass is 9.96. The summed E-state index contributed by atoms with van der Waals surface area (Å²) in [7, 11) is 0. The molecule has 1 heterocycles. The Kier molecular flexibility index (Phi) is 7.69. The number of aromatic nitrogens is 1. The Morgan fingerprint density at radius 3 is 2.68 bits per heavy atom. The SMILES string of the molecule is CCNC(=NCc1ncc(C)s1)NCC1(c2ccccc2Br)CC1.I. The van der Waals surface area contributed by atoms with Crippen LogP contribution in [0, 0.1) is 6.92 Å². The molecule has 1 aromatic heterocycles. The third-order valence-corrected chi connectivity index (χ3v) is 5.87. The molecular formula is C18H24BrIN4S. The minimum absolute atomic E-state index is 0. The second-order valence-corrected chi connectivity index (χ2v) is 8.35. The normalized spacial score (nSPS) is 15.4. The highest BCUT2D eigenvalue weighted by Gasteiger charge is 2.45. The lowest BCUT2D eigenvalue weighted by Crippen LogP contribution is -2.41. The van der Waals surface area contributed by atoms with Crippen molar-refractivity contribution in [2.45, 2.75) is 38.6 Å².